The van der Waals surface area contributed by atoms with E-state index in [0.717, 1.165) is 17.3 Å². The average molecular weight is 451 g/mol. The number of nitrogens with zero attached hydrogens (tertiary/aromatic N) is 2. The Hall–Kier alpha value is -2.48. The molecular weight excluding hydrogens is 435 g/mol. The third kappa shape index (κ3) is 5.76. The van der Waals surface area contributed by atoms with Gasteiger partial charge >= 0.3 is 5.97 Å². The molecule has 0 aliphatic carbocycles. The van der Waals surface area contributed by atoms with E-state index in [1.54, 1.807) is 42.5 Å². The van der Waals surface area contributed by atoms with Gasteiger partial charge in [-0.15, -0.1) is 10.2 Å². The number of halogens is 2. The molecule has 1 aromatic heterocycles. The van der Waals surface area contributed by atoms with Crippen molar-refractivity contribution in [1.82, 2.24) is 10.2 Å². The highest BCUT2D eigenvalue weighted by atomic mass is 35.5. The fourth-order valence-corrected chi connectivity index (χ4v) is 3.46. The van der Waals surface area contributed by atoms with Crippen LogP contribution >= 0.6 is 35.0 Å². The van der Waals surface area contributed by atoms with Crippen molar-refractivity contribution in [1.29, 1.82) is 0 Å². The lowest BCUT2D eigenvalue weighted by Gasteiger charge is -2.11. The molecule has 6 nitrogen and oxygen atoms in total. The second-order valence-electron chi connectivity index (χ2n) is 5.79. The van der Waals surface area contributed by atoms with Crippen molar-refractivity contribution in [2.24, 2.45) is 0 Å². The number of para-hydroxylation sites is 1. The Kier molecular flexibility index (Phi) is 7.19. The predicted molar refractivity (Wildman–Crippen MR) is 112 cm³/mol. The smallest absolute Gasteiger partial charge is 0.342 e. The lowest BCUT2D eigenvalue weighted by atomic mass is 10.2. The molecule has 9 heteroatoms. The number of carboxylic acids is 1. The first-order chi connectivity index (χ1) is 14.0. The number of hydrogen-bond donors (Lipinski definition) is 1. The van der Waals surface area contributed by atoms with Gasteiger partial charge in [0.1, 0.15) is 17.3 Å². The minimum atomic E-state index is -1.11. The van der Waals surface area contributed by atoms with Gasteiger partial charge in [0.05, 0.1) is 0 Å². The molecule has 2 aromatic carbocycles. The van der Waals surface area contributed by atoms with Crippen LogP contribution in [0.4, 0.5) is 0 Å². The zero-order chi connectivity index (χ0) is 20.8. The highest BCUT2D eigenvalue weighted by Crippen LogP contribution is 2.31. The van der Waals surface area contributed by atoms with E-state index in [4.69, 9.17) is 32.4 Å². The van der Waals surface area contributed by atoms with Gasteiger partial charge in [-0.2, -0.15) is 0 Å². The Bertz CT molecular complexity index is 1050. The minimum absolute atomic E-state index is 0.0249. The maximum Gasteiger partial charge on any atom is 0.342 e. The Morgan fingerprint density at radius 2 is 2.03 bits per heavy atom. The molecule has 1 N–H and O–H groups in total. The molecular formula is C20H16Cl2N2O4S. The van der Waals surface area contributed by atoms with Crippen LogP contribution in [0.2, 0.25) is 10.0 Å². The first-order valence-corrected chi connectivity index (χ1v) is 10.1. The number of carboxylic acid groups (broad SMARTS) is 1. The van der Waals surface area contributed by atoms with Crippen LogP contribution in [0.5, 0.6) is 5.75 Å². The quantitative estimate of drug-likeness (QED) is 0.346. The molecule has 0 aliphatic heterocycles. The molecule has 0 bridgehead atoms. The number of aliphatic carboxylic acids is 1. The topological polar surface area (TPSA) is 85.5 Å². The number of benzene rings is 2. The van der Waals surface area contributed by atoms with Crippen LogP contribution in [-0.2, 0) is 17.8 Å². The SMILES string of the molecule is CCc1nnc(S/C(=C\c2ccccc2OCc2ccc(Cl)cc2Cl)C(=O)O)o1. The molecule has 0 spiro atoms. The van der Waals surface area contributed by atoms with E-state index in [0.29, 0.717) is 33.7 Å². The summed E-state index contributed by atoms with van der Waals surface area (Å²) < 4.78 is 11.3. The van der Waals surface area contributed by atoms with Gasteiger partial charge < -0.3 is 14.3 Å². The van der Waals surface area contributed by atoms with Crippen molar-refractivity contribution in [3.8, 4) is 5.75 Å². The fraction of sp³-hybridized carbons (Fsp3) is 0.150. The summed E-state index contributed by atoms with van der Waals surface area (Å²) in [7, 11) is 0. The summed E-state index contributed by atoms with van der Waals surface area (Å²) in [5, 5.41) is 18.5. The van der Waals surface area contributed by atoms with Crippen molar-refractivity contribution in [2.75, 3.05) is 0 Å². The van der Waals surface area contributed by atoms with Gasteiger partial charge in [-0.25, -0.2) is 4.79 Å². The van der Waals surface area contributed by atoms with E-state index in [1.165, 1.54) is 6.08 Å². The van der Waals surface area contributed by atoms with E-state index >= 15 is 0 Å². The number of ether oxygens (including phenoxy) is 1. The number of aryl methyl sites for hydroxylation is 1. The van der Waals surface area contributed by atoms with Gasteiger partial charge in [0.15, 0.2) is 0 Å². The van der Waals surface area contributed by atoms with Crippen molar-refractivity contribution in [3.63, 3.8) is 0 Å². The highest BCUT2D eigenvalue weighted by Gasteiger charge is 2.16. The minimum Gasteiger partial charge on any atom is -0.488 e. The van der Waals surface area contributed by atoms with Gasteiger partial charge in [0, 0.05) is 27.6 Å². The molecule has 3 aromatic rings. The van der Waals surface area contributed by atoms with E-state index in [2.05, 4.69) is 10.2 Å². The van der Waals surface area contributed by atoms with Gasteiger partial charge in [-0.3, -0.25) is 0 Å². The van der Waals surface area contributed by atoms with Crippen molar-refractivity contribution in [3.05, 3.63) is 74.4 Å². The maximum atomic E-state index is 11.7. The molecule has 3 rings (SSSR count). The molecule has 29 heavy (non-hydrogen) atoms. The molecule has 0 unspecified atom stereocenters. The number of hydrogen-bond acceptors (Lipinski definition) is 6. The molecule has 1 heterocycles. The van der Waals surface area contributed by atoms with Gasteiger partial charge in [-0.05, 0) is 36.0 Å². The fourth-order valence-electron chi connectivity index (χ4n) is 2.32. The van der Waals surface area contributed by atoms with Crippen molar-refractivity contribution >= 4 is 47.0 Å². The van der Waals surface area contributed by atoms with E-state index in [1.807, 2.05) is 6.92 Å². The molecule has 0 radical (unpaired) electrons. The zero-order valence-electron chi connectivity index (χ0n) is 15.3. The molecule has 0 saturated carbocycles. The van der Waals surface area contributed by atoms with Gasteiger partial charge in [-0.1, -0.05) is 54.4 Å². The standard InChI is InChI=1S/C20H16Cl2N2O4S/c1-2-18-23-24-20(28-18)29-17(19(25)26)9-12-5-3-4-6-16(12)27-11-13-7-8-14(21)10-15(13)22/h3-10H,2,11H2,1H3,(H,25,26)/b17-9-. The van der Waals surface area contributed by atoms with Crippen molar-refractivity contribution < 1.29 is 19.1 Å². The number of rotatable bonds is 8. The second-order valence-corrected chi connectivity index (χ2v) is 7.63. The third-order valence-electron chi connectivity index (χ3n) is 3.76. The summed E-state index contributed by atoms with van der Waals surface area (Å²) in [5.74, 6) is -0.153. The first kappa shape index (κ1) is 21.2. The Balaban J connectivity index is 1.82. The summed E-state index contributed by atoms with van der Waals surface area (Å²) in [6.07, 6.45) is 2.07. The Morgan fingerprint density at radius 3 is 2.72 bits per heavy atom. The van der Waals surface area contributed by atoms with Crippen LogP contribution in [0.25, 0.3) is 6.08 Å². The zero-order valence-corrected chi connectivity index (χ0v) is 17.6. The van der Waals surface area contributed by atoms with Crippen LogP contribution in [0.15, 0.2) is 57.0 Å². The second kappa shape index (κ2) is 9.82. The molecule has 0 amide bonds. The Morgan fingerprint density at radius 1 is 1.24 bits per heavy atom. The van der Waals surface area contributed by atoms with E-state index in [-0.39, 0.29) is 16.7 Å². The van der Waals surface area contributed by atoms with Gasteiger partial charge in [0.2, 0.25) is 5.89 Å². The number of aromatic nitrogens is 2. The predicted octanol–water partition coefficient (Wildman–Crippen LogP) is 5.74. The molecule has 0 atom stereocenters. The molecule has 0 saturated heterocycles. The van der Waals surface area contributed by atoms with Crippen LogP contribution in [0.1, 0.15) is 23.9 Å². The number of carbonyl (C=O) groups is 1. The summed E-state index contributed by atoms with van der Waals surface area (Å²) in [4.78, 5) is 11.7. The lowest BCUT2D eigenvalue weighted by molar-refractivity contribution is -0.131. The monoisotopic (exact) mass is 450 g/mol. The summed E-state index contributed by atoms with van der Waals surface area (Å²) in [5.41, 5.74) is 1.36. The van der Waals surface area contributed by atoms with Crippen LogP contribution < -0.4 is 4.74 Å². The normalized spacial score (nSPS) is 11.5. The van der Waals surface area contributed by atoms with E-state index in [9.17, 15) is 9.90 Å². The molecule has 0 fully saturated rings. The summed E-state index contributed by atoms with van der Waals surface area (Å²) in [6, 6.07) is 12.3. The summed E-state index contributed by atoms with van der Waals surface area (Å²) >= 11 is 13.0. The number of thioether (sulfide) groups is 1. The summed E-state index contributed by atoms with van der Waals surface area (Å²) in [6.45, 7) is 2.08. The Labute approximate surface area is 181 Å². The third-order valence-corrected chi connectivity index (χ3v) is 5.20. The van der Waals surface area contributed by atoms with E-state index < -0.39 is 5.97 Å². The lowest BCUT2D eigenvalue weighted by Crippen LogP contribution is -2.00. The first-order valence-electron chi connectivity index (χ1n) is 8.57. The van der Waals surface area contributed by atoms with Crippen LogP contribution in [-0.4, -0.2) is 21.3 Å². The molecule has 150 valence electrons. The maximum absolute atomic E-state index is 11.7. The van der Waals surface area contributed by atoms with Gasteiger partial charge in [0.25, 0.3) is 5.22 Å². The largest absolute Gasteiger partial charge is 0.488 e. The highest BCUT2D eigenvalue weighted by molar-refractivity contribution is 8.03. The average Bonchev–Trinajstić information content (AvgIpc) is 3.15. The van der Waals surface area contributed by atoms with Crippen LogP contribution in [0, 0.1) is 0 Å². The molecule has 0 aliphatic rings. The van der Waals surface area contributed by atoms with Crippen molar-refractivity contribution in [2.45, 2.75) is 25.2 Å². The van der Waals surface area contributed by atoms with Crippen LogP contribution in [0.3, 0.4) is 0 Å².